The fourth-order valence-corrected chi connectivity index (χ4v) is 2.54. The maximum Gasteiger partial charge on any atom is 0.308 e. The van der Waals surface area contributed by atoms with E-state index in [1.807, 2.05) is 0 Å². The summed E-state index contributed by atoms with van der Waals surface area (Å²) in [4.78, 5) is 29.2. The monoisotopic (exact) mass is 301 g/mol. The summed E-state index contributed by atoms with van der Waals surface area (Å²) in [6.07, 6.45) is 0.491. The highest BCUT2D eigenvalue weighted by Gasteiger charge is 2.31. The maximum absolute atomic E-state index is 12.5. The Morgan fingerprint density at radius 3 is 2.86 bits per heavy atom. The molecule has 0 saturated carbocycles. The summed E-state index contributed by atoms with van der Waals surface area (Å²) in [7, 11) is 0. The van der Waals surface area contributed by atoms with Crippen molar-refractivity contribution >= 4 is 11.9 Å². The number of carbonyl (C=O) groups excluding carboxylic acids is 1. The van der Waals surface area contributed by atoms with E-state index < -0.39 is 11.9 Å². The van der Waals surface area contributed by atoms with Gasteiger partial charge in [-0.25, -0.2) is 0 Å². The predicted molar refractivity (Wildman–Crippen MR) is 76.1 cm³/mol. The highest BCUT2D eigenvalue weighted by molar-refractivity contribution is 5.95. The first-order valence-corrected chi connectivity index (χ1v) is 6.97. The van der Waals surface area contributed by atoms with Gasteiger partial charge in [0.1, 0.15) is 0 Å². The van der Waals surface area contributed by atoms with Gasteiger partial charge in [-0.05, 0) is 18.6 Å². The second kappa shape index (κ2) is 5.59. The molecule has 2 heterocycles. The molecule has 1 saturated heterocycles. The Hall–Kier alpha value is -2.70. The van der Waals surface area contributed by atoms with Gasteiger partial charge in [-0.1, -0.05) is 17.3 Å². The quantitative estimate of drug-likeness (QED) is 0.924. The smallest absolute Gasteiger partial charge is 0.308 e. The molecule has 1 aliphatic rings. The van der Waals surface area contributed by atoms with Crippen molar-refractivity contribution in [2.24, 2.45) is 5.92 Å². The van der Waals surface area contributed by atoms with Crippen molar-refractivity contribution in [1.29, 1.82) is 0 Å². The molecule has 2 aromatic rings. The van der Waals surface area contributed by atoms with Crippen molar-refractivity contribution in [3.63, 3.8) is 0 Å². The van der Waals surface area contributed by atoms with Crippen LogP contribution in [0.2, 0.25) is 0 Å². The molecule has 7 heteroatoms. The summed E-state index contributed by atoms with van der Waals surface area (Å²) >= 11 is 0. The van der Waals surface area contributed by atoms with Crippen LogP contribution >= 0.6 is 0 Å². The Labute approximate surface area is 126 Å². The van der Waals surface area contributed by atoms with Crippen molar-refractivity contribution in [2.75, 3.05) is 13.1 Å². The predicted octanol–water partition coefficient (Wildman–Crippen LogP) is 1.59. The molecular formula is C15H15N3O4. The molecule has 1 atom stereocenters. The molecule has 1 amide bonds. The molecule has 114 valence electrons. The zero-order valence-corrected chi connectivity index (χ0v) is 12.0. The number of aliphatic carboxylic acids is 1. The molecule has 1 aliphatic heterocycles. The van der Waals surface area contributed by atoms with Crippen molar-refractivity contribution < 1.29 is 19.2 Å². The Morgan fingerprint density at radius 1 is 1.41 bits per heavy atom. The van der Waals surface area contributed by atoms with Crippen LogP contribution in [0.15, 0.2) is 28.8 Å². The average Bonchev–Trinajstić information content (AvgIpc) is 3.15. The van der Waals surface area contributed by atoms with Gasteiger partial charge in [0.25, 0.3) is 5.91 Å². The molecule has 7 nitrogen and oxygen atoms in total. The molecule has 0 aliphatic carbocycles. The second-order valence-corrected chi connectivity index (χ2v) is 5.29. The summed E-state index contributed by atoms with van der Waals surface area (Å²) in [5.41, 5.74) is 1.18. The van der Waals surface area contributed by atoms with Gasteiger partial charge in [-0.2, -0.15) is 4.98 Å². The fourth-order valence-electron chi connectivity index (χ4n) is 2.54. The Kier molecular flexibility index (Phi) is 3.62. The Balaban J connectivity index is 1.80. The van der Waals surface area contributed by atoms with Crippen LogP contribution in [0, 0.1) is 12.8 Å². The minimum Gasteiger partial charge on any atom is -0.481 e. The van der Waals surface area contributed by atoms with Crippen molar-refractivity contribution in [1.82, 2.24) is 15.0 Å². The van der Waals surface area contributed by atoms with Gasteiger partial charge in [0.2, 0.25) is 11.7 Å². The first kappa shape index (κ1) is 14.2. The van der Waals surface area contributed by atoms with Gasteiger partial charge in [-0.15, -0.1) is 0 Å². The molecule has 0 unspecified atom stereocenters. The summed E-state index contributed by atoms with van der Waals surface area (Å²) in [6, 6.07) is 6.94. The second-order valence-electron chi connectivity index (χ2n) is 5.29. The van der Waals surface area contributed by atoms with Gasteiger partial charge in [-0.3, -0.25) is 9.59 Å². The minimum absolute atomic E-state index is 0.175. The number of carboxylic acid groups (broad SMARTS) is 1. The number of hydrogen-bond acceptors (Lipinski definition) is 5. The van der Waals surface area contributed by atoms with Gasteiger partial charge >= 0.3 is 5.97 Å². The number of benzene rings is 1. The third kappa shape index (κ3) is 2.69. The van der Waals surface area contributed by atoms with Crippen LogP contribution in [0.5, 0.6) is 0 Å². The highest BCUT2D eigenvalue weighted by atomic mass is 16.5. The zero-order valence-electron chi connectivity index (χ0n) is 12.0. The molecule has 0 spiro atoms. The molecule has 1 aromatic carbocycles. The van der Waals surface area contributed by atoms with E-state index in [0.717, 1.165) is 0 Å². The van der Waals surface area contributed by atoms with E-state index in [0.29, 0.717) is 35.8 Å². The Bertz CT molecular complexity index is 725. The molecule has 22 heavy (non-hydrogen) atoms. The van der Waals surface area contributed by atoms with Gasteiger partial charge in [0.05, 0.1) is 5.92 Å². The van der Waals surface area contributed by atoms with E-state index >= 15 is 0 Å². The average molecular weight is 301 g/mol. The number of aromatic nitrogens is 2. The molecule has 3 rings (SSSR count). The van der Waals surface area contributed by atoms with Crippen LogP contribution in [-0.2, 0) is 4.79 Å². The van der Waals surface area contributed by atoms with Crippen LogP contribution in [0.3, 0.4) is 0 Å². The molecule has 1 N–H and O–H groups in total. The lowest BCUT2D eigenvalue weighted by molar-refractivity contribution is -0.141. The lowest BCUT2D eigenvalue weighted by atomic mass is 10.1. The number of hydrogen-bond donors (Lipinski definition) is 1. The number of likely N-dealkylation sites (tertiary alicyclic amines) is 1. The Morgan fingerprint density at radius 2 is 2.23 bits per heavy atom. The lowest BCUT2D eigenvalue weighted by Crippen LogP contribution is -2.29. The largest absolute Gasteiger partial charge is 0.481 e. The van der Waals surface area contributed by atoms with Crippen LogP contribution in [-0.4, -0.2) is 45.1 Å². The SMILES string of the molecule is Cc1nc(-c2cccc(C(=O)N3CC[C@@H](C(=O)O)C3)c2)no1. The van der Waals surface area contributed by atoms with Crippen LogP contribution in [0.4, 0.5) is 0 Å². The molecule has 0 bridgehead atoms. The summed E-state index contributed by atoms with van der Waals surface area (Å²) in [5.74, 6) is -0.628. The normalized spacial score (nSPS) is 17.7. The summed E-state index contributed by atoms with van der Waals surface area (Å²) < 4.78 is 4.94. The van der Waals surface area contributed by atoms with Crippen molar-refractivity contribution in [3.8, 4) is 11.4 Å². The van der Waals surface area contributed by atoms with Gasteiger partial charge in [0.15, 0.2) is 0 Å². The first-order valence-electron chi connectivity index (χ1n) is 6.97. The third-order valence-electron chi connectivity index (χ3n) is 3.72. The number of aryl methyl sites for hydroxylation is 1. The van der Waals surface area contributed by atoms with E-state index in [-0.39, 0.29) is 12.5 Å². The van der Waals surface area contributed by atoms with E-state index in [1.54, 1.807) is 36.1 Å². The molecule has 0 radical (unpaired) electrons. The summed E-state index contributed by atoms with van der Waals surface area (Å²) in [5, 5.41) is 12.8. The zero-order chi connectivity index (χ0) is 15.7. The van der Waals surface area contributed by atoms with Crippen molar-refractivity contribution in [3.05, 3.63) is 35.7 Å². The first-order chi connectivity index (χ1) is 10.5. The van der Waals surface area contributed by atoms with E-state index in [1.165, 1.54) is 0 Å². The van der Waals surface area contributed by atoms with Crippen LogP contribution in [0.25, 0.3) is 11.4 Å². The van der Waals surface area contributed by atoms with E-state index in [2.05, 4.69) is 10.1 Å². The fraction of sp³-hybridized carbons (Fsp3) is 0.333. The standard InChI is InChI=1S/C15H15N3O4/c1-9-16-13(17-22-9)10-3-2-4-11(7-10)14(19)18-6-5-12(8-18)15(20)21/h2-4,7,12H,5-6,8H2,1H3,(H,20,21)/t12-/m1/s1. The number of rotatable bonds is 3. The molecule has 1 fully saturated rings. The molecule has 1 aromatic heterocycles. The maximum atomic E-state index is 12.5. The van der Waals surface area contributed by atoms with Crippen molar-refractivity contribution in [2.45, 2.75) is 13.3 Å². The number of carboxylic acids is 1. The highest BCUT2D eigenvalue weighted by Crippen LogP contribution is 2.22. The van der Waals surface area contributed by atoms with Crippen LogP contribution in [0.1, 0.15) is 22.7 Å². The van der Waals surface area contributed by atoms with Gasteiger partial charge < -0.3 is 14.5 Å². The third-order valence-corrected chi connectivity index (χ3v) is 3.72. The lowest BCUT2D eigenvalue weighted by Gasteiger charge is -2.16. The number of carbonyl (C=O) groups is 2. The van der Waals surface area contributed by atoms with Crippen LogP contribution < -0.4 is 0 Å². The molecular weight excluding hydrogens is 286 g/mol. The number of nitrogens with zero attached hydrogens (tertiary/aromatic N) is 3. The number of amides is 1. The minimum atomic E-state index is -0.855. The van der Waals surface area contributed by atoms with E-state index in [9.17, 15) is 9.59 Å². The van der Waals surface area contributed by atoms with E-state index in [4.69, 9.17) is 9.63 Å². The summed E-state index contributed by atoms with van der Waals surface area (Å²) in [6.45, 7) is 2.41. The topological polar surface area (TPSA) is 96.5 Å². The van der Waals surface area contributed by atoms with Gasteiger partial charge in [0, 0.05) is 31.1 Å².